The SMILES string of the molecule is NSc1ccc(Nc2ncc(C3CC(COc4nscc4C(F)(F)F)C3)cn2)cc1. The van der Waals surface area contributed by atoms with Crippen LogP contribution in [0.4, 0.5) is 24.8 Å². The van der Waals surface area contributed by atoms with E-state index in [1.165, 1.54) is 11.9 Å². The first-order valence-corrected chi connectivity index (χ1v) is 10.8. The van der Waals surface area contributed by atoms with E-state index in [0.717, 1.165) is 45.9 Å². The van der Waals surface area contributed by atoms with Gasteiger partial charge in [-0.1, -0.05) is 0 Å². The fourth-order valence-electron chi connectivity index (χ4n) is 3.22. The smallest absolute Gasteiger partial charge is 0.422 e. The number of halogens is 3. The fraction of sp³-hybridized carbons (Fsp3) is 0.316. The van der Waals surface area contributed by atoms with Crippen molar-refractivity contribution in [1.29, 1.82) is 0 Å². The van der Waals surface area contributed by atoms with Crippen molar-refractivity contribution in [1.82, 2.24) is 14.3 Å². The summed E-state index contributed by atoms with van der Waals surface area (Å²) < 4.78 is 47.6. The molecule has 1 aliphatic carbocycles. The van der Waals surface area contributed by atoms with Crippen molar-refractivity contribution in [3.63, 3.8) is 0 Å². The summed E-state index contributed by atoms with van der Waals surface area (Å²) in [4.78, 5) is 9.67. The minimum atomic E-state index is -4.44. The van der Waals surface area contributed by atoms with E-state index in [1.54, 1.807) is 12.4 Å². The third kappa shape index (κ3) is 4.85. The number of alkyl halides is 3. The van der Waals surface area contributed by atoms with E-state index in [2.05, 4.69) is 19.7 Å². The van der Waals surface area contributed by atoms with Crippen molar-refractivity contribution in [2.45, 2.75) is 29.8 Å². The van der Waals surface area contributed by atoms with Gasteiger partial charge in [0.05, 0.1) is 6.61 Å². The number of ether oxygens (including phenoxy) is 1. The molecule has 1 aliphatic rings. The van der Waals surface area contributed by atoms with Gasteiger partial charge in [-0.15, -0.1) is 0 Å². The van der Waals surface area contributed by atoms with Gasteiger partial charge in [-0.05, 0) is 78.0 Å². The Hall–Kier alpha value is -2.37. The number of aromatic nitrogens is 3. The Morgan fingerprint density at radius 1 is 1.17 bits per heavy atom. The summed E-state index contributed by atoms with van der Waals surface area (Å²) in [5.74, 6) is 0.641. The summed E-state index contributed by atoms with van der Waals surface area (Å²) in [7, 11) is 0. The number of hydrogen-bond acceptors (Lipinski definition) is 8. The molecule has 0 amide bonds. The van der Waals surface area contributed by atoms with Gasteiger partial charge in [0.15, 0.2) is 0 Å². The zero-order valence-corrected chi connectivity index (χ0v) is 17.2. The normalized spacial score (nSPS) is 18.7. The van der Waals surface area contributed by atoms with Gasteiger partial charge >= 0.3 is 6.18 Å². The van der Waals surface area contributed by atoms with Crippen molar-refractivity contribution >= 4 is 35.1 Å². The fourth-order valence-corrected chi connectivity index (χ4v) is 4.15. The van der Waals surface area contributed by atoms with E-state index >= 15 is 0 Å². The number of nitrogens with one attached hydrogen (secondary N) is 1. The van der Waals surface area contributed by atoms with Gasteiger partial charge in [0.2, 0.25) is 11.8 Å². The van der Waals surface area contributed by atoms with Crippen LogP contribution in [0.5, 0.6) is 5.88 Å². The quantitative estimate of drug-likeness (QED) is 0.474. The summed E-state index contributed by atoms with van der Waals surface area (Å²) in [5.41, 5.74) is 1.06. The van der Waals surface area contributed by atoms with E-state index in [-0.39, 0.29) is 24.3 Å². The maximum atomic E-state index is 12.9. The highest BCUT2D eigenvalue weighted by Crippen LogP contribution is 2.42. The minimum Gasteiger partial charge on any atom is -0.476 e. The van der Waals surface area contributed by atoms with Crippen LogP contribution >= 0.6 is 23.5 Å². The Labute approximate surface area is 179 Å². The largest absolute Gasteiger partial charge is 0.476 e. The van der Waals surface area contributed by atoms with E-state index in [4.69, 9.17) is 9.88 Å². The molecule has 30 heavy (non-hydrogen) atoms. The number of hydrogen-bond donors (Lipinski definition) is 2. The second kappa shape index (κ2) is 8.78. The van der Waals surface area contributed by atoms with Gasteiger partial charge in [0.25, 0.3) is 0 Å². The predicted molar refractivity (Wildman–Crippen MR) is 110 cm³/mol. The van der Waals surface area contributed by atoms with E-state index in [1.807, 2.05) is 24.3 Å². The molecule has 1 saturated carbocycles. The highest BCUT2D eigenvalue weighted by atomic mass is 32.2. The second-order valence-corrected chi connectivity index (χ2v) is 8.32. The van der Waals surface area contributed by atoms with Gasteiger partial charge in [0, 0.05) is 28.4 Å². The van der Waals surface area contributed by atoms with Crippen LogP contribution in [-0.4, -0.2) is 20.9 Å². The zero-order valence-electron chi connectivity index (χ0n) is 15.6. The lowest BCUT2D eigenvalue weighted by Crippen LogP contribution is -2.27. The maximum absolute atomic E-state index is 12.9. The van der Waals surface area contributed by atoms with Crippen LogP contribution in [0.1, 0.15) is 29.9 Å². The average molecular weight is 454 g/mol. The Morgan fingerprint density at radius 3 is 2.50 bits per heavy atom. The molecule has 4 rings (SSSR count). The van der Waals surface area contributed by atoms with Crippen LogP contribution in [0.3, 0.4) is 0 Å². The molecule has 158 valence electrons. The Bertz CT molecular complexity index is 973. The molecule has 3 aromatic rings. The topological polar surface area (TPSA) is 86.0 Å². The molecule has 6 nitrogen and oxygen atoms in total. The second-order valence-electron chi connectivity index (χ2n) is 6.98. The molecule has 2 heterocycles. The molecule has 3 N–H and O–H groups in total. The average Bonchev–Trinajstić information content (AvgIpc) is 3.18. The molecule has 0 bridgehead atoms. The molecule has 2 aromatic heterocycles. The van der Waals surface area contributed by atoms with Crippen molar-refractivity contribution in [3.8, 4) is 5.88 Å². The van der Waals surface area contributed by atoms with Crippen LogP contribution in [0, 0.1) is 5.92 Å². The standard InChI is InChI=1S/C19H18F3N5OS2/c20-19(21,22)16-10-29-27-17(16)28-9-11-5-12(6-11)13-7-24-18(25-8-13)26-14-1-3-15(30-23)4-2-14/h1-4,7-8,10-12H,5-6,9,23H2,(H,24,25,26). The van der Waals surface area contributed by atoms with Crippen molar-refractivity contribution in [3.05, 3.63) is 53.2 Å². The molecule has 0 saturated heterocycles. The van der Waals surface area contributed by atoms with Crippen LogP contribution in [0.15, 0.2) is 46.9 Å². The summed E-state index contributed by atoms with van der Waals surface area (Å²) in [6.07, 6.45) is 0.759. The first kappa shape index (κ1) is 20.9. The molecule has 1 aromatic carbocycles. The summed E-state index contributed by atoms with van der Waals surface area (Å²) >= 11 is 1.93. The lowest BCUT2D eigenvalue weighted by Gasteiger charge is -2.34. The van der Waals surface area contributed by atoms with Gasteiger partial charge in [-0.2, -0.15) is 17.5 Å². The molecule has 0 spiro atoms. The Morgan fingerprint density at radius 2 is 1.87 bits per heavy atom. The van der Waals surface area contributed by atoms with Crippen LogP contribution < -0.4 is 15.2 Å². The van der Waals surface area contributed by atoms with Gasteiger partial charge in [-0.3, -0.25) is 5.14 Å². The Kier molecular flexibility index (Phi) is 6.11. The lowest BCUT2D eigenvalue weighted by molar-refractivity contribution is -0.139. The third-order valence-corrected chi connectivity index (χ3v) is 6.08. The molecule has 0 atom stereocenters. The molecule has 0 unspecified atom stereocenters. The van der Waals surface area contributed by atoms with Crippen LogP contribution in [0.2, 0.25) is 0 Å². The summed E-state index contributed by atoms with van der Waals surface area (Å²) in [6.45, 7) is 0.223. The lowest BCUT2D eigenvalue weighted by atomic mass is 9.72. The van der Waals surface area contributed by atoms with Crippen molar-refractivity contribution in [2.75, 3.05) is 11.9 Å². The first-order chi connectivity index (χ1) is 14.4. The molecular weight excluding hydrogens is 435 g/mol. The molecule has 0 radical (unpaired) electrons. The Balaban J connectivity index is 1.26. The predicted octanol–water partition coefficient (Wildman–Crippen LogP) is 5.23. The monoisotopic (exact) mass is 453 g/mol. The van der Waals surface area contributed by atoms with Crippen LogP contribution in [0.25, 0.3) is 0 Å². The van der Waals surface area contributed by atoms with Crippen LogP contribution in [-0.2, 0) is 6.18 Å². The van der Waals surface area contributed by atoms with Gasteiger partial charge < -0.3 is 10.1 Å². The van der Waals surface area contributed by atoms with E-state index in [9.17, 15) is 13.2 Å². The molecule has 11 heteroatoms. The van der Waals surface area contributed by atoms with Gasteiger partial charge in [-0.25, -0.2) is 9.97 Å². The van der Waals surface area contributed by atoms with Crippen molar-refractivity contribution < 1.29 is 17.9 Å². The minimum absolute atomic E-state index is 0.189. The number of nitrogens with zero attached hydrogens (tertiary/aromatic N) is 3. The third-order valence-electron chi connectivity index (χ3n) is 4.92. The first-order valence-electron chi connectivity index (χ1n) is 9.12. The summed E-state index contributed by atoms with van der Waals surface area (Å²) in [6, 6.07) is 7.60. The number of benzene rings is 1. The van der Waals surface area contributed by atoms with E-state index in [0.29, 0.717) is 5.95 Å². The van der Waals surface area contributed by atoms with Crippen molar-refractivity contribution in [2.24, 2.45) is 11.1 Å². The number of anilines is 2. The maximum Gasteiger partial charge on any atom is 0.422 e. The highest BCUT2D eigenvalue weighted by Gasteiger charge is 2.37. The van der Waals surface area contributed by atoms with E-state index < -0.39 is 11.7 Å². The molecule has 0 aliphatic heterocycles. The number of rotatable bonds is 7. The molecule has 1 fully saturated rings. The summed E-state index contributed by atoms with van der Waals surface area (Å²) in [5, 5.41) is 9.61. The highest BCUT2D eigenvalue weighted by molar-refractivity contribution is 7.97. The zero-order chi connectivity index (χ0) is 21.1. The number of nitrogens with two attached hydrogens (primary N) is 1. The molecular formula is C19H18F3N5OS2. The van der Waals surface area contributed by atoms with Gasteiger partial charge in [0.1, 0.15) is 5.56 Å².